The summed E-state index contributed by atoms with van der Waals surface area (Å²) in [5, 5.41) is 11.1. The predicted molar refractivity (Wildman–Crippen MR) is 63.0 cm³/mol. The third kappa shape index (κ3) is 4.00. The lowest BCUT2D eigenvalue weighted by Gasteiger charge is -2.07. The first-order valence-corrected chi connectivity index (χ1v) is 5.32. The van der Waals surface area contributed by atoms with E-state index < -0.39 is 17.9 Å². The number of hydrogen-bond acceptors (Lipinski definition) is 3. The van der Waals surface area contributed by atoms with Gasteiger partial charge in [0.2, 0.25) is 5.91 Å². The van der Waals surface area contributed by atoms with Crippen molar-refractivity contribution >= 4 is 33.5 Å². The van der Waals surface area contributed by atoms with E-state index in [4.69, 9.17) is 10.8 Å². The smallest absolute Gasteiger partial charge is 0.321 e. The van der Waals surface area contributed by atoms with Crippen molar-refractivity contribution < 1.29 is 14.7 Å². The third-order valence-electron chi connectivity index (χ3n) is 1.83. The van der Waals surface area contributed by atoms with Crippen molar-refractivity contribution in [1.82, 2.24) is 0 Å². The van der Waals surface area contributed by atoms with Gasteiger partial charge in [-0.25, -0.2) is 0 Å². The number of carboxylic acid groups (broad SMARTS) is 1. The van der Waals surface area contributed by atoms with Crippen LogP contribution in [0.25, 0.3) is 0 Å². The highest BCUT2D eigenvalue weighted by molar-refractivity contribution is 9.10. The van der Waals surface area contributed by atoms with E-state index in [1.807, 2.05) is 6.07 Å². The zero-order chi connectivity index (χ0) is 12.1. The van der Waals surface area contributed by atoms with Crippen molar-refractivity contribution in [2.75, 3.05) is 5.32 Å². The lowest BCUT2D eigenvalue weighted by molar-refractivity contribution is -0.140. The normalized spacial score (nSPS) is 11.9. The molecule has 0 fully saturated rings. The van der Waals surface area contributed by atoms with Crippen LogP contribution < -0.4 is 11.1 Å². The van der Waals surface area contributed by atoms with Crippen molar-refractivity contribution in [2.45, 2.75) is 12.5 Å². The van der Waals surface area contributed by atoms with Gasteiger partial charge in [0.25, 0.3) is 0 Å². The zero-order valence-electron chi connectivity index (χ0n) is 8.31. The predicted octanol–water partition coefficient (Wildman–Crippen LogP) is 1.19. The van der Waals surface area contributed by atoms with Crippen LogP contribution in [0.3, 0.4) is 0 Å². The van der Waals surface area contributed by atoms with Crippen LogP contribution in [0.2, 0.25) is 0 Å². The standard InChI is InChI=1S/C10H11BrN2O3/c11-6-2-1-3-7(4-6)13-9(14)5-8(12)10(15)16/h1-4,8H,5,12H2,(H,13,14)(H,15,16). The van der Waals surface area contributed by atoms with E-state index in [0.717, 1.165) is 4.47 Å². The number of anilines is 1. The van der Waals surface area contributed by atoms with Crippen molar-refractivity contribution in [2.24, 2.45) is 5.73 Å². The minimum Gasteiger partial charge on any atom is -0.480 e. The van der Waals surface area contributed by atoms with Gasteiger partial charge in [0.05, 0.1) is 6.42 Å². The molecule has 1 aromatic carbocycles. The Morgan fingerprint density at radius 2 is 2.19 bits per heavy atom. The number of amides is 1. The number of halogens is 1. The molecule has 0 aliphatic rings. The summed E-state index contributed by atoms with van der Waals surface area (Å²) in [4.78, 5) is 21.8. The molecule has 16 heavy (non-hydrogen) atoms. The van der Waals surface area contributed by atoms with Crippen LogP contribution in [-0.2, 0) is 9.59 Å². The molecule has 0 aromatic heterocycles. The Kier molecular flexibility index (Phi) is 4.45. The molecule has 5 nitrogen and oxygen atoms in total. The summed E-state index contributed by atoms with van der Waals surface area (Å²) in [6.45, 7) is 0. The molecule has 6 heteroatoms. The SMILES string of the molecule is NC(CC(=O)Nc1cccc(Br)c1)C(=O)O. The van der Waals surface area contributed by atoms with Gasteiger partial charge in [0, 0.05) is 10.2 Å². The summed E-state index contributed by atoms with van der Waals surface area (Å²) < 4.78 is 0.827. The zero-order valence-corrected chi connectivity index (χ0v) is 9.90. The first-order valence-electron chi connectivity index (χ1n) is 4.53. The summed E-state index contributed by atoms with van der Waals surface area (Å²) >= 11 is 3.26. The molecule has 0 spiro atoms. The maximum atomic E-state index is 11.4. The topological polar surface area (TPSA) is 92.4 Å². The Morgan fingerprint density at radius 1 is 1.50 bits per heavy atom. The van der Waals surface area contributed by atoms with Gasteiger partial charge in [-0.15, -0.1) is 0 Å². The maximum absolute atomic E-state index is 11.4. The largest absolute Gasteiger partial charge is 0.480 e. The van der Waals surface area contributed by atoms with E-state index in [9.17, 15) is 9.59 Å². The molecule has 1 amide bonds. The van der Waals surface area contributed by atoms with Gasteiger partial charge in [-0.3, -0.25) is 9.59 Å². The fraction of sp³-hybridized carbons (Fsp3) is 0.200. The average Bonchev–Trinajstić information content (AvgIpc) is 2.16. The van der Waals surface area contributed by atoms with Crippen LogP contribution >= 0.6 is 15.9 Å². The molecule has 0 radical (unpaired) electrons. The summed E-state index contributed by atoms with van der Waals surface area (Å²) in [6, 6.07) is 5.82. The first-order chi connectivity index (χ1) is 7.49. The van der Waals surface area contributed by atoms with Gasteiger partial charge < -0.3 is 16.2 Å². The van der Waals surface area contributed by atoms with Crippen molar-refractivity contribution in [3.8, 4) is 0 Å². The number of carbonyl (C=O) groups is 2. The number of aliphatic carboxylic acids is 1. The van der Waals surface area contributed by atoms with Crippen LogP contribution in [0.1, 0.15) is 6.42 Å². The summed E-state index contributed by atoms with van der Waals surface area (Å²) in [7, 11) is 0. The number of carboxylic acids is 1. The molecule has 1 rings (SSSR count). The van der Waals surface area contributed by atoms with Crippen molar-refractivity contribution in [3.05, 3.63) is 28.7 Å². The number of benzene rings is 1. The fourth-order valence-electron chi connectivity index (χ4n) is 1.07. The Labute approximate surface area is 101 Å². The van der Waals surface area contributed by atoms with Gasteiger partial charge >= 0.3 is 5.97 Å². The number of nitrogens with one attached hydrogen (secondary N) is 1. The van der Waals surface area contributed by atoms with E-state index in [1.54, 1.807) is 18.2 Å². The van der Waals surface area contributed by atoms with Gasteiger partial charge in [-0.05, 0) is 18.2 Å². The number of nitrogens with two attached hydrogens (primary N) is 1. The summed E-state index contributed by atoms with van der Waals surface area (Å²) in [5.41, 5.74) is 5.83. The molecule has 0 bridgehead atoms. The highest BCUT2D eigenvalue weighted by Gasteiger charge is 2.16. The van der Waals surface area contributed by atoms with E-state index in [1.165, 1.54) is 0 Å². The van der Waals surface area contributed by atoms with Crippen LogP contribution in [-0.4, -0.2) is 23.0 Å². The molecule has 0 aliphatic heterocycles. The monoisotopic (exact) mass is 286 g/mol. The molecule has 0 saturated heterocycles. The second kappa shape index (κ2) is 5.62. The first kappa shape index (κ1) is 12.7. The minimum absolute atomic E-state index is 0.248. The van der Waals surface area contributed by atoms with Crippen LogP contribution in [0.4, 0.5) is 5.69 Å². The molecular weight excluding hydrogens is 276 g/mol. The Bertz CT molecular complexity index is 409. The second-order valence-corrected chi connectivity index (χ2v) is 4.12. The molecule has 0 saturated carbocycles. The number of hydrogen-bond donors (Lipinski definition) is 3. The molecule has 0 aliphatic carbocycles. The van der Waals surface area contributed by atoms with E-state index >= 15 is 0 Å². The fourth-order valence-corrected chi connectivity index (χ4v) is 1.46. The second-order valence-electron chi connectivity index (χ2n) is 3.21. The van der Waals surface area contributed by atoms with E-state index in [0.29, 0.717) is 5.69 Å². The van der Waals surface area contributed by atoms with E-state index in [2.05, 4.69) is 21.2 Å². The molecule has 4 N–H and O–H groups in total. The molecule has 0 heterocycles. The molecule has 1 unspecified atom stereocenters. The lowest BCUT2D eigenvalue weighted by Crippen LogP contribution is -2.34. The molecule has 1 atom stereocenters. The van der Waals surface area contributed by atoms with Gasteiger partial charge in [0.1, 0.15) is 6.04 Å². The van der Waals surface area contributed by atoms with Crippen LogP contribution in [0.5, 0.6) is 0 Å². The van der Waals surface area contributed by atoms with Crippen molar-refractivity contribution in [3.63, 3.8) is 0 Å². The number of carbonyl (C=O) groups excluding carboxylic acids is 1. The summed E-state index contributed by atoms with van der Waals surface area (Å²) in [6.07, 6.45) is -0.248. The van der Waals surface area contributed by atoms with Crippen LogP contribution in [0, 0.1) is 0 Å². The third-order valence-corrected chi connectivity index (χ3v) is 2.32. The Hall–Kier alpha value is -1.40. The average molecular weight is 287 g/mol. The highest BCUT2D eigenvalue weighted by atomic mass is 79.9. The van der Waals surface area contributed by atoms with Gasteiger partial charge in [0.15, 0.2) is 0 Å². The summed E-state index contributed by atoms with van der Waals surface area (Å²) in [5.74, 6) is -1.61. The maximum Gasteiger partial charge on any atom is 0.321 e. The van der Waals surface area contributed by atoms with Crippen molar-refractivity contribution in [1.29, 1.82) is 0 Å². The lowest BCUT2D eigenvalue weighted by atomic mass is 10.2. The quantitative estimate of drug-likeness (QED) is 0.775. The van der Waals surface area contributed by atoms with E-state index in [-0.39, 0.29) is 6.42 Å². The number of rotatable bonds is 4. The minimum atomic E-state index is -1.19. The highest BCUT2D eigenvalue weighted by Crippen LogP contribution is 2.15. The van der Waals surface area contributed by atoms with Gasteiger partial charge in [-0.2, -0.15) is 0 Å². The van der Waals surface area contributed by atoms with Gasteiger partial charge in [-0.1, -0.05) is 22.0 Å². The molecule has 86 valence electrons. The Morgan fingerprint density at radius 3 is 2.75 bits per heavy atom. The Balaban J connectivity index is 2.55. The molecule has 1 aromatic rings. The molecular formula is C10H11BrN2O3. The van der Waals surface area contributed by atoms with Crippen LogP contribution in [0.15, 0.2) is 28.7 Å².